The molecule has 0 radical (unpaired) electrons. The number of benzene rings is 2. The maximum Gasteiger partial charge on any atom is 0.0498 e. The Morgan fingerprint density at radius 3 is 2.71 bits per heavy atom. The lowest BCUT2D eigenvalue weighted by Crippen LogP contribution is -2.04. The van der Waals surface area contributed by atoms with Gasteiger partial charge in [0.15, 0.2) is 0 Å². The van der Waals surface area contributed by atoms with Gasteiger partial charge in [0.05, 0.1) is 0 Å². The summed E-state index contributed by atoms with van der Waals surface area (Å²) < 4.78 is 0. The number of thioether (sulfide) groups is 1. The molecule has 1 atom stereocenters. The van der Waals surface area contributed by atoms with Crippen LogP contribution in [0.15, 0.2) is 42.6 Å². The largest absolute Gasteiger partial charge is 0.361 e. The molecule has 1 N–H and O–H groups in total. The summed E-state index contributed by atoms with van der Waals surface area (Å²) in [6, 6.07) is 12.5. The quantitative estimate of drug-likeness (QED) is 0.513. The Kier molecular flexibility index (Phi) is 4.55. The Bertz CT molecular complexity index is 882. The van der Waals surface area contributed by atoms with E-state index in [1.807, 2.05) is 23.9 Å². The van der Waals surface area contributed by atoms with Gasteiger partial charge in [-0.05, 0) is 53.8 Å². The van der Waals surface area contributed by atoms with Crippen LogP contribution in [0, 0.1) is 5.92 Å². The standard InChI is InChI=1S/C20H19Cl2NS/c1-24-11-13-3-2-4-15-17(10-23-20(13)15)19(12-5-6-12)16-8-7-14(21)9-18(16)22/h2-4,7-10,12,19,23H,5-6,11H2,1H3. The van der Waals surface area contributed by atoms with Crippen LogP contribution < -0.4 is 0 Å². The summed E-state index contributed by atoms with van der Waals surface area (Å²) in [5.74, 6) is 2.03. The highest BCUT2D eigenvalue weighted by atomic mass is 35.5. The number of para-hydroxylation sites is 1. The van der Waals surface area contributed by atoms with Gasteiger partial charge in [-0.3, -0.25) is 0 Å². The zero-order valence-electron chi connectivity index (χ0n) is 13.5. The van der Waals surface area contributed by atoms with Crippen LogP contribution in [0.3, 0.4) is 0 Å². The number of aromatic amines is 1. The fourth-order valence-corrected chi connectivity index (χ4v) is 4.71. The van der Waals surface area contributed by atoms with E-state index in [0.29, 0.717) is 16.9 Å². The molecule has 4 rings (SSSR count). The Hall–Kier alpha value is -1.09. The van der Waals surface area contributed by atoms with E-state index < -0.39 is 0 Å². The van der Waals surface area contributed by atoms with E-state index in [1.165, 1.54) is 40.4 Å². The summed E-state index contributed by atoms with van der Waals surface area (Å²) in [6.07, 6.45) is 6.85. The third-order valence-electron chi connectivity index (χ3n) is 4.86. The minimum Gasteiger partial charge on any atom is -0.361 e. The van der Waals surface area contributed by atoms with Crippen LogP contribution in [0.25, 0.3) is 10.9 Å². The highest BCUT2D eigenvalue weighted by Gasteiger charge is 2.36. The van der Waals surface area contributed by atoms with E-state index in [-0.39, 0.29) is 0 Å². The first-order valence-electron chi connectivity index (χ1n) is 8.22. The van der Waals surface area contributed by atoms with E-state index in [9.17, 15) is 0 Å². The molecule has 0 spiro atoms. The van der Waals surface area contributed by atoms with E-state index in [2.05, 4.69) is 41.7 Å². The topological polar surface area (TPSA) is 15.8 Å². The van der Waals surface area contributed by atoms with Gasteiger partial charge in [0.2, 0.25) is 0 Å². The van der Waals surface area contributed by atoms with Crippen molar-refractivity contribution in [1.82, 2.24) is 4.98 Å². The molecule has 1 nitrogen and oxygen atoms in total. The molecule has 0 saturated heterocycles. The minimum absolute atomic E-state index is 0.341. The normalized spacial score (nSPS) is 15.8. The van der Waals surface area contributed by atoms with Crippen LogP contribution >= 0.6 is 35.0 Å². The summed E-state index contributed by atoms with van der Waals surface area (Å²) in [5.41, 5.74) is 5.18. The summed E-state index contributed by atoms with van der Waals surface area (Å²) in [6.45, 7) is 0. The summed E-state index contributed by atoms with van der Waals surface area (Å²) in [5, 5.41) is 2.79. The van der Waals surface area contributed by atoms with Gasteiger partial charge in [-0.1, -0.05) is 47.5 Å². The van der Waals surface area contributed by atoms with Gasteiger partial charge in [-0.25, -0.2) is 0 Å². The molecule has 124 valence electrons. The maximum atomic E-state index is 6.55. The second-order valence-corrected chi connectivity index (χ2v) is 8.21. The van der Waals surface area contributed by atoms with Gasteiger partial charge >= 0.3 is 0 Å². The number of nitrogens with one attached hydrogen (secondary N) is 1. The average molecular weight is 376 g/mol. The molecule has 0 aliphatic heterocycles. The maximum absolute atomic E-state index is 6.55. The number of fused-ring (bicyclic) bond motifs is 1. The third-order valence-corrected chi connectivity index (χ3v) is 6.02. The van der Waals surface area contributed by atoms with Crippen molar-refractivity contribution in [2.75, 3.05) is 6.26 Å². The molecule has 1 aromatic heterocycles. The van der Waals surface area contributed by atoms with Crippen LogP contribution in [0.2, 0.25) is 10.0 Å². The van der Waals surface area contributed by atoms with E-state index in [4.69, 9.17) is 23.2 Å². The van der Waals surface area contributed by atoms with E-state index in [0.717, 1.165) is 10.8 Å². The van der Waals surface area contributed by atoms with Crippen LogP contribution in [0.1, 0.15) is 35.4 Å². The molecule has 2 aromatic carbocycles. The van der Waals surface area contributed by atoms with Crippen molar-refractivity contribution < 1.29 is 0 Å². The molecule has 1 saturated carbocycles. The number of hydrogen-bond acceptors (Lipinski definition) is 1. The molecule has 1 heterocycles. The molecule has 3 aromatic rings. The summed E-state index contributed by atoms with van der Waals surface area (Å²) >= 11 is 14.5. The van der Waals surface area contributed by atoms with Gasteiger partial charge in [0.25, 0.3) is 0 Å². The number of rotatable bonds is 5. The zero-order valence-corrected chi connectivity index (χ0v) is 15.8. The monoisotopic (exact) mass is 375 g/mol. The van der Waals surface area contributed by atoms with Crippen molar-refractivity contribution in [3.8, 4) is 0 Å². The second-order valence-electron chi connectivity index (χ2n) is 6.50. The number of aromatic nitrogens is 1. The molecule has 24 heavy (non-hydrogen) atoms. The van der Waals surface area contributed by atoms with Gasteiger partial charge in [-0.2, -0.15) is 11.8 Å². The lowest BCUT2D eigenvalue weighted by molar-refractivity contribution is 0.709. The van der Waals surface area contributed by atoms with Crippen LogP contribution in [-0.4, -0.2) is 11.2 Å². The molecule has 0 amide bonds. The number of halogens is 2. The smallest absolute Gasteiger partial charge is 0.0498 e. The van der Waals surface area contributed by atoms with E-state index >= 15 is 0 Å². The molecule has 1 aliphatic rings. The van der Waals surface area contributed by atoms with Crippen molar-refractivity contribution in [3.05, 3.63) is 69.3 Å². The Balaban J connectivity index is 1.85. The van der Waals surface area contributed by atoms with Gasteiger partial charge in [0, 0.05) is 38.8 Å². The third kappa shape index (κ3) is 2.96. The van der Waals surface area contributed by atoms with Gasteiger partial charge < -0.3 is 4.98 Å². The van der Waals surface area contributed by atoms with Gasteiger partial charge in [0.1, 0.15) is 0 Å². The number of H-pyrrole nitrogens is 1. The second kappa shape index (κ2) is 6.67. The minimum atomic E-state index is 0.341. The fourth-order valence-electron chi connectivity index (χ4n) is 3.63. The van der Waals surface area contributed by atoms with Crippen molar-refractivity contribution in [2.24, 2.45) is 5.92 Å². The molecule has 1 aliphatic carbocycles. The first-order chi connectivity index (χ1) is 11.7. The molecule has 0 bridgehead atoms. The summed E-state index contributed by atoms with van der Waals surface area (Å²) in [4.78, 5) is 3.52. The Labute approximate surface area is 156 Å². The fraction of sp³-hybridized carbons (Fsp3) is 0.300. The average Bonchev–Trinajstić information content (AvgIpc) is 3.30. The highest BCUT2D eigenvalue weighted by Crippen LogP contribution is 2.50. The lowest BCUT2D eigenvalue weighted by Gasteiger charge is -2.18. The first kappa shape index (κ1) is 16.4. The molecule has 4 heteroatoms. The van der Waals surface area contributed by atoms with Gasteiger partial charge in [-0.15, -0.1) is 0 Å². The molecule has 1 unspecified atom stereocenters. The SMILES string of the molecule is CSCc1cccc2c(C(c3ccc(Cl)cc3Cl)C3CC3)c[nH]c12. The van der Waals surface area contributed by atoms with Crippen molar-refractivity contribution in [3.63, 3.8) is 0 Å². The summed E-state index contributed by atoms with van der Waals surface area (Å²) in [7, 11) is 0. The highest BCUT2D eigenvalue weighted by molar-refractivity contribution is 7.97. The Morgan fingerprint density at radius 2 is 2.00 bits per heavy atom. The predicted octanol–water partition coefficient (Wildman–Crippen LogP) is 6.88. The first-order valence-corrected chi connectivity index (χ1v) is 10.4. The predicted molar refractivity (Wildman–Crippen MR) is 107 cm³/mol. The van der Waals surface area contributed by atoms with Crippen molar-refractivity contribution >= 4 is 45.9 Å². The zero-order chi connectivity index (χ0) is 16.7. The molecular weight excluding hydrogens is 357 g/mol. The van der Waals surface area contributed by atoms with Crippen LogP contribution in [0.4, 0.5) is 0 Å². The van der Waals surface area contributed by atoms with E-state index in [1.54, 1.807) is 0 Å². The molecule has 1 fully saturated rings. The van der Waals surface area contributed by atoms with Crippen molar-refractivity contribution in [1.29, 1.82) is 0 Å². The lowest BCUT2D eigenvalue weighted by atomic mass is 9.86. The number of hydrogen-bond donors (Lipinski definition) is 1. The van der Waals surface area contributed by atoms with Crippen molar-refractivity contribution in [2.45, 2.75) is 24.5 Å². The van der Waals surface area contributed by atoms with Crippen LogP contribution in [0.5, 0.6) is 0 Å². The molecular formula is C20H19Cl2NS. The van der Waals surface area contributed by atoms with Crippen LogP contribution in [-0.2, 0) is 5.75 Å². The Morgan fingerprint density at radius 1 is 1.17 bits per heavy atom.